The van der Waals surface area contributed by atoms with E-state index in [1.165, 1.54) is 5.56 Å². The lowest BCUT2D eigenvalue weighted by atomic mass is 10.2. The smallest absolute Gasteiger partial charge is 0.262 e. The zero-order valence-electron chi connectivity index (χ0n) is 15.0. The van der Waals surface area contributed by atoms with Crippen LogP contribution in [0.1, 0.15) is 5.56 Å². The molecule has 1 heterocycles. The largest absolute Gasteiger partial charge is 0.493 e. The molecule has 0 saturated carbocycles. The molecule has 1 aromatic heterocycles. The maximum Gasteiger partial charge on any atom is 0.262 e. The molecule has 6 nitrogen and oxygen atoms in total. The first-order valence-electron chi connectivity index (χ1n) is 8.54. The number of hydrogen-bond acceptors (Lipinski definition) is 5. The van der Waals surface area contributed by atoms with E-state index in [4.69, 9.17) is 9.47 Å². The average molecular weight is 363 g/mol. The molecule has 0 saturated heterocycles. The normalized spacial score (nSPS) is 10.1. The number of anilines is 2. The molecule has 3 rings (SSSR count). The van der Waals surface area contributed by atoms with Crippen LogP contribution in [0.15, 0.2) is 72.9 Å². The van der Waals surface area contributed by atoms with Gasteiger partial charge >= 0.3 is 0 Å². The van der Waals surface area contributed by atoms with Crippen molar-refractivity contribution in [1.82, 2.24) is 4.98 Å². The first-order chi connectivity index (χ1) is 13.2. The van der Waals surface area contributed by atoms with Gasteiger partial charge in [0.2, 0.25) is 0 Å². The molecule has 138 valence electrons. The Balaban J connectivity index is 1.48. The van der Waals surface area contributed by atoms with Gasteiger partial charge in [0.1, 0.15) is 5.82 Å². The number of carbonyl (C=O) groups excluding carboxylic acids is 1. The molecule has 0 radical (unpaired) electrons. The predicted octanol–water partition coefficient (Wildman–Crippen LogP) is 3.72. The van der Waals surface area contributed by atoms with Crippen molar-refractivity contribution in [3.05, 3.63) is 78.5 Å². The third-order valence-electron chi connectivity index (χ3n) is 3.79. The lowest BCUT2D eigenvalue weighted by Gasteiger charge is -2.11. The summed E-state index contributed by atoms with van der Waals surface area (Å²) < 4.78 is 10.7. The summed E-state index contributed by atoms with van der Waals surface area (Å²) in [6, 6.07) is 20.9. The molecule has 0 aliphatic carbocycles. The Morgan fingerprint density at radius 1 is 0.963 bits per heavy atom. The highest BCUT2D eigenvalue weighted by molar-refractivity contribution is 5.91. The van der Waals surface area contributed by atoms with E-state index in [9.17, 15) is 4.79 Å². The second-order valence-corrected chi connectivity index (χ2v) is 5.76. The molecule has 0 aliphatic rings. The van der Waals surface area contributed by atoms with Gasteiger partial charge in [0, 0.05) is 6.54 Å². The highest BCUT2D eigenvalue weighted by atomic mass is 16.5. The summed E-state index contributed by atoms with van der Waals surface area (Å²) in [6.07, 6.45) is 1.61. The number of methoxy groups -OCH3 is 1. The van der Waals surface area contributed by atoms with Gasteiger partial charge in [-0.1, -0.05) is 42.5 Å². The number of hydrogen-bond donors (Lipinski definition) is 2. The molecule has 3 aromatic rings. The number of nitrogens with zero attached hydrogens (tertiary/aromatic N) is 1. The van der Waals surface area contributed by atoms with Crippen LogP contribution in [0.3, 0.4) is 0 Å². The molecule has 0 fully saturated rings. The van der Waals surface area contributed by atoms with Gasteiger partial charge in [-0.2, -0.15) is 0 Å². The standard InChI is InChI=1S/C21H21N3O3/c1-26-18-9-5-6-10-19(18)27-15-21(25)24-17-11-12-20(23-14-17)22-13-16-7-3-2-4-8-16/h2-12,14H,13,15H2,1H3,(H,22,23)(H,24,25). The van der Waals surface area contributed by atoms with Gasteiger partial charge in [-0.3, -0.25) is 4.79 Å². The topological polar surface area (TPSA) is 72.5 Å². The molecule has 0 atom stereocenters. The third kappa shape index (κ3) is 5.47. The maximum atomic E-state index is 12.1. The van der Waals surface area contributed by atoms with Gasteiger partial charge in [0.05, 0.1) is 19.0 Å². The SMILES string of the molecule is COc1ccccc1OCC(=O)Nc1ccc(NCc2ccccc2)nc1. The summed E-state index contributed by atoms with van der Waals surface area (Å²) >= 11 is 0. The molecular formula is C21H21N3O3. The molecule has 0 spiro atoms. The van der Waals surface area contributed by atoms with Crippen LogP contribution in [0.25, 0.3) is 0 Å². The quantitative estimate of drug-likeness (QED) is 0.638. The van der Waals surface area contributed by atoms with E-state index in [0.29, 0.717) is 23.7 Å². The molecule has 0 bridgehead atoms. The van der Waals surface area contributed by atoms with E-state index in [-0.39, 0.29) is 12.5 Å². The average Bonchev–Trinajstić information content (AvgIpc) is 2.72. The predicted molar refractivity (Wildman–Crippen MR) is 105 cm³/mol. The first kappa shape index (κ1) is 18.3. The third-order valence-corrected chi connectivity index (χ3v) is 3.79. The van der Waals surface area contributed by atoms with E-state index < -0.39 is 0 Å². The van der Waals surface area contributed by atoms with Crippen molar-refractivity contribution >= 4 is 17.4 Å². The molecule has 27 heavy (non-hydrogen) atoms. The van der Waals surface area contributed by atoms with Crippen LogP contribution in [-0.4, -0.2) is 24.6 Å². The number of aromatic nitrogens is 1. The van der Waals surface area contributed by atoms with Gasteiger partial charge < -0.3 is 20.1 Å². The van der Waals surface area contributed by atoms with Crippen LogP contribution in [-0.2, 0) is 11.3 Å². The van der Waals surface area contributed by atoms with Gasteiger partial charge in [0.25, 0.3) is 5.91 Å². The van der Waals surface area contributed by atoms with Gasteiger partial charge in [-0.15, -0.1) is 0 Å². The van der Waals surface area contributed by atoms with E-state index in [1.54, 1.807) is 31.5 Å². The zero-order chi connectivity index (χ0) is 18.9. The fraction of sp³-hybridized carbons (Fsp3) is 0.143. The second-order valence-electron chi connectivity index (χ2n) is 5.76. The molecule has 2 aromatic carbocycles. The fourth-order valence-corrected chi connectivity index (χ4v) is 2.44. The molecule has 0 unspecified atom stereocenters. The Morgan fingerprint density at radius 2 is 1.70 bits per heavy atom. The Morgan fingerprint density at radius 3 is 2.41 bits per heavy atom. The molecule has 1 amide bonds. The summed E-state index contributed by atoms with van der Waals surface area (Å²) in [6.45, 7) is 0.570. The van der Waals surface area contributed by atoms with Crippen molar-refractivity contribution in [2.24, 2.45) is 0 Å². The summed E-state index contributed by atoms with van der Waals surface area (Å²) in [5, 5.41) is 5.99. The van der Waals surface area contributed by atoms with Crippen LogP contribution in [0.2, 0.25) is 0 Å². The van der Waals surface area contributed by atoms with E-state index in [1.807, 2.05) is 48.5 Å². The van der Waals surface area contributed by atoms with E-state index >= 15 is 0 Å². The monoisotopic (exact) mass is 363 g/mol. The number of para-hydroxylation sites is 2. The number of amides is 1. The molecule has 2 N–H and O–H groups in total. The molecule has 0 aliphatic heterocycles. The minimum Gasteiger partial charge on any atom is -0.493 e. The second kappa shape index (κ2) is 9.24. The minimum absolute atomic E-state index is 0.117. The zero-order valence-corrected chi connectivity index (χ0v) is 15.0. The summed E-state index contributed by atoms with van der Waals surface area (Å²) in [7, 11) is 1.56. The van der Waals surface area contributed by atoms with Gasteiger partial charge in [0.15, 0.2) is 18.1 Å². The number of carbonyl (C=O) groups is 1. The van der Waals surface area contributed by atoms with Crippen molar-refractivity contribution < 1.29 is 14.3 Å². The number of nitrogens with one attached hydrogen (secondary N) is 2. The number of ether oxygens (including phenoxy) is 2. The highest BCUT2D eigenvalue weighted by Gasteiger charge is 2.07. The lowest BCUT2D eigenvalue weighted by Crippen LogP contribution is -2.20. The Hall–Kier alpha value is -3.54. The van der Waals surface area contributed by atoms with Crippen molar-refractivity contribution in [2.75, 3.05) is 24.4 Å². The first-order valence-corrected chi connectivity index (χ1v) is 8.54. The van der Waals surface area contributed by atoms with Crippen molar-refractivity contribution in [2.45, 2.75) is 6.54 Å². The van der Waals surface area contributed by atoms with Crippen LogP contribution in [0.4, 0.5) is 11.5 Å². The lowest BCUT2D eigenvalue weighted by molar-refractivity contribution is -0.118. The van der Waals surface area contributed by atoms with E-state index in [0.717, 1.165) is 5.82 Å². The Labute approximate surface area is 158 Å². The summed E-state index contributed by atoms with van der Waals surface area (Å²) in [5.74, 6) is 1.57. The van der Waals surface area contributed by atoms with Crippen LogP contribution < -0.4 is 20.1 Å². The fourth-order valence-electron chi connectivity index (χ4n) is 2.44. The van der Waals surface area contributed by atoms with Crippen molar-refractivity contribution in [1.29, 1.82) is 0 Å². The van der Waals surface area contributed by atoms with Gasteiger partial charge in [-0.05, 0) is 29.8 Å². The maximum absolute atomic E-state index is 12.1. The van der Waals surface area contributed by atoms with Crippen LogP contribution in [0.5, 0.6) is 11.5 Å². The van der Waals surface area contributed by atoms with Gasteiger partial charge in [-0.25, -0.2) is 4.98 Å². The Bertz CT molecular complexity index is 867. The van der Waals surface area contributed by atoms with Crippen LogP contribution >= 0.6 is 0 Å². The summed E-state index contributed by atoms with van der Waals surface area (Å²) in [4.78, 5) is 16.4. The van der Waals surface area contributed by atoms with Crippen molar-refractivity contribution in [3.8, 4) is 11.5 Å². The van der Waals surface area contributed by atoms with Crippen LogP contribution in [0, 0.1) is 0 Å². The van der Waals surface area contributed by atoms with Crippen molar-refractivity contribution in [3.63, 3.8) is 0 Å². The highest BCUT2D eigenvalue weighted by Crippen LogP contribution is 2.25. The number of benzene rings is 2. The number of rotatable bonds is 8. The Kier molecular flexibility index (Phi) is 6.25. The number of pyridine rings is 1. The minimum atomic E-state index is -0.271. The van der Waals surface area contributed by atoms with E-state index in [2.05, 4.69) is 15.6 Å². The summed E-state index contributed by atoms with van der Waals surface area (Å²) in [5.41, 5.74) is 1.78. The molecule has 6 heteroatoms. The molecular weight excluding hydrogens is 342 g/mol.